The molecule has 0 fully saturated rings. The van der Waals surface area contributed by atoms with E-state index in [0.29, 0.717) is 18.4 Å². The second-order valence-electron chi connectivity index (χ2n) is 6.17. The van der Waals surface area contributed by atoms with Crippen molar-refractivity contribution < 1.29 is 27.2 Å². The molecule has 0 rings (SSSR count). The van der Waals surface area contributed by atoms with Gasteiger partial charge in [-0.3, -0.25) is 9.36 Å². The number of allylic oxidation sites excluding steroid dienone is 6. The molecule has 0 saturated carbocycles. The van der Waals surface area contributed by atoms with E-state index >= 15 is 0 Å². The second-order valence-corrected chi connectivity index (χ2v) is 8.46. The summed E-state index contributed by atoms with van der Waals surface area (Å²) in [5, 5.41) is 0. The summed E-state index contributed by atoms with van der Waals surface area (Å²) < 4.78 is 48.2. The van der Waals surface area contributed by atoms with E-state index in [1.54, 1.807) is 6.92 Å². The van der Waals surface area contributed by atoms with Gasteiger partial charge in [0, 0.05) is 14.2 Å². The topological polar surface area (TPSA) is 52.6 Å². The number of halogens is 2. The van der Waals surface area contributed by atoms with Crippen molar-refractivity contribution in [1.82, 2.24) is 0 Å². The average Bonchev–Trinajstić information content (AvgIpc) is 2.53. The van der Waals surface area contributed by atoms with Crippen molar-refractivity contribution in [2.45, 2.75) is 59.0 Å². The first-order valence-corrected chi connectivity index (χ1v) is 9.64. The molecule has 0 aromatic carbocycles. The summed E-state index contributed by atoms with van der Waals surface area (Å²) in [7, 11) is -3.16. The zero-order valence-electron chi connectivity index (χ0n) is 15.9. The van der Waals surface area contributed by atoms with Crippen LogP contribution < -0.4 is 0 Å². The summed E-state index contributed by atoms with van der Waals surface area (Å²) in [6.45, 7) is 7.70. The van der Waals surface area contributed by atoms with E-state index in [9.17, 15) is 18.1 Å². The summed E-state index contributed by atoms with van der Waals surface area (Å²) in [4.78, 5) is 11.8. The summed E-state index contributed by atoms with van der Waals surface area (Å²) in [6.07, 6.45) is 8.03. The normalized spacial score (nSPS) is 13.8. The van der Waals surface area contributed by atoms with Crippen LogP contribution in [-0.2, 0) is 18.4 Å². The first-order chi connectivity index (χ1) is 11.5. The molecule has 0 radical (unpaired) electrons. The molecule has 7 heteroatoms. The molecule has 25 heavy (non-hydrogen) atoms. The van der Waals surface area contributed by atoms with Crippen molar-refractivity contribution in [3.63, 3.8) is 0 Å². The molecule has 144 valence electrons. The van der Waals surface area contributed by atoms with E-state index in [2.05, 4.69) is 15.1 Å². The molecule has 0 spiro atoms. The second kappa shape index (κ2) is 10.8. The standard InChI is InChI=1S/C18H29F2O4P/c1-14(2)9-7-10-15(3)11-8-12-16(4)13-17(21)18(19,20)25(22,23-5)24-6/h9,11,13H,7-8,10,12H2,1-6H3. The van der Waals surface area contributed by atoms with Crippen molar-refractivity contribution in [1.29, 1.82) is 0 Å². The van der Waals surface area contributed by atoms with Crippen molar-refractivity contribution in [3.8, 4) is 0 Å². The Labute approximate surface area is 149 Å². The van der Waals surface area contributed by atoms with Crippen LogP contribution in [0.1, 0.15) is 53.4 Å². The third-order valence-electron chi connectivity index (χ3n) is 3.62. The predicted octanol–water partition coefficient (Wildman–Crippen LogP) is 6.05. The Morgan fingerprint density at radius 2 is 1.44 bits per heavy atom. The molecule has 0 bridgehead atoms. The molecule has 0 amide bonds. The van der Waals surface area contributed by atoms with Gasteiger partial charge in [-0.05, 0) is 59.5 Å². The number of hydrogen-bond donors (Lipinski definition) is 0. The van der Waals surface area contributed by atoms with Gasteiger partial charge in [-0.15, -0.1) is 0 Å². The largest absolute Gasteiger partial charge is 0.407 e. The molecule has 0 heterocycles. The van der Waals surface area contributed by atoms with Crippen molar-refractivity contribution in [3.05, 3.63) is 34.9 Å². The zero-order chi connectivity index (χ0) is 19.7. The first-order valence-electron chi connectivity index (χ1n) is 8.10. The van der Waals surface area contributed by atoms with Crippen LogP contribution in [0.25, 0.3) is 0 Å². The van der Waals surface area contributed by atoms with Gasteiger partial charge in [0.1, 0.15) is 0 Å². The van der Waals surface area contributed by atoms with Gasteiger partial charge in [0.2, 0.25) is 5.78 Å². The molecular formula is C18H29F2O4P. The van der Waals surface area contributed by atoms with Crippen LogP contribution in [0.5, 0.6) is 0 Å². The van der Waals surface area contributed by atoms with Gasteiger partial charge in [0.25, 0.3) is 0 Å². The number of rotatable bonds is 11. The quantitative estimate of drug-likeness (QED) is 0.249. The Morgan fingerprint density at radius 3 is 1.92 bits per heavy atom. The molecular weight excluding hydrogens is 349 g/mol. The van der Waals surface area contributed by atoms with Crippen molar-refractivity contribution in [2.24, 2.45) is 0 Å². The maximum atomic E-state index is 14.0. The molecule has 0 N–H and O–H groups in total. The number of hydrogen-bond acceptors (Lipinski definition) is 4. The molecule has 0 atom stereocenters. The van der Waals surface area contributed by atoms with E-state index < -0.39 is 19.0 Å². The highest BCUT2D eigenvalue weighted by molar-refractivity contribution is 7.56. The van der Waals surface area contributed by atoms with Gasteiger partial charge < -0.3 is 9.05 Å². The smallest absolute Gasteiger partial charge is 0.307 e. The van der Waals surface area contributed by atoms with E-state index in [1.807, 2.05) is 26.8 Å². The average molecular weight is 378 g/mol. The van der Waals surface area contributed by atoms with Crippen LogP contribution >= 0.6 is 7.60 Å². The van der Waals surface area contributed by atoms with E-state index in [1.165, 1.54) is 11.1 Å². The fourth-order valence-corrected chi connectivity index (χ4v) is 3.00. The van der Waals surface area contributed by atoms with Gasteiger partial charge in [-0.1, -0.05) is 28.9 Å². The summed E-state index contributed by atoms with van der Waals surface area (Å²) >= 11 is 0. The number of carbonyl (C=O) groups is 1. The monoisotopic (exact) mass is 378 g/mol. The molecule has 0 aliphatic rings. The van der Waals surface area contributed by atoms with Gasteiger partial charge >= 0.3 is 13.3 Å². The first kappa shape index (κ1) is 23.9. The maximum absolute atomic E-state index is 14.0. The van der Waals surface area contributed by atoms with Crippen LogP contribution in [0.2, 0.25) is 0 Å². The Kier molecular flexibility index (Phi) is 10.3. The molecule has 0 aromatic rings. The van der Waals surface area contributed by atoms with E-state index in [-0.39, 0.29) is 0 Å². The molecule has 0 unspecified atom stereocenters. The van der Waals surface area contributed by atoms with Crippen LogP contribution in [0.15, 0.2) is 34.9 Å². The van der Waals surface area contributed by atoms with Gasteiger partial charge in [0.15, 0.2) is 0 Å². The Bertz CT molecular complexity index is 580. The number of ketones is 1. The number of carbonyl (C=O) groups excluding carboxylic acids is 1. The van der Waals surface area contributed by atoms with Crippen molar-refractivity contribution >= 4 is 13.4 Å². The lowest BCUT2D eigenvalue weighted by atomic mass is 10.1. The fraction of sp³-hybridized carbons (Fsp3) is 0.611. The third kappa shape index (κ3) is 7.76. The lowest BCUT2D eigenvalue weighted by Crippen LogP contribution is -2.28. The number of alkyl halides is 2. The Hall–Kier alpha value is -1.10. The molecule has 0 aliphatic heterocycles. The van der Waals surface area contributed by atoms with Crippen LogP contribution in [0.3, 0.4) is 0 Å². The molecule has 0 aliphatic carbocycles. The van der Waals surface area contributed by atoms with Gasteiger partial charge in [0.05, 0.1) is 0 Å². The highest BCUT2D eigenvalue weighted by atomic mass is 31.2. The zero-order valence-corrected chi connectivity index (χ0v) is 16.8. The van der Waals surface area contributed by atoms with Gasteiger partial charge in [-0.2, -0.15) is 8.78 Å². The molecule has 0 aromatic heterocycles. The Morgan fingerprint density at radius 1 is 0.960 bits per heavy atom. The molecule has 0 saturated heterocycles. The highest BCUT2D eigenvalue weighted by Crippen LogP contribution is 2.61. The van der Waals surface area contributed by atoms with Gasteiger partial charge in [-0.25, -0.2) is 0 Å². The van der Waals surface area contributed by atoms with E-state index in [4.69, 9.17) is 0 Å². The van der Waals surface area contributed by atoms with Crippen LogP contribution in [0, 0.1) is 0 Å². The third-order valence-corrected chi connectivity index (χ3v) is 5.49. The van der Waals surface area contributed by atoms with Crippen molar-refractivity contribution in [2.75, 3.05) is 14.2 Å². The minimum Gasteiger partial charge on any atom is -0.307 e. The summed E-state index contributed by atoms with van der Waals surface area (Å²) in [6, 6.07) is 0. The lowest BCUT2D eigenvalue weighted by Gasteiger charge is -2.21. The fourth-order valence-electron chi connectivity index (χ4n) is 2.06. The van der Waals surface area contributed by atoms with E-state index in [0.717, 1.165) is 33.1 Å². The highest BCUT2D eigenvalue weighted by Gasteiger charge is 2.57. The minimum atomic E-state index is -4.80. The molecule has 4 nitrogen and oxygen atoms in total. The summed E-state index contributed by atoms with van der Waals surface area (Å²) in [5.74, 6) is -1.57. The van der Waals surface area contributed by atoms with Crippen LogP contribution in [-0.4, -0.2) is 25.7 Å². The predicted molar refractivity (Wildman–Crippen MR) is 97.0 cm³/mol. The SMILES string of the molecule is COP(=O)(OC)C(F)(F)C(=O)C=C(C)CCC=C(C)CCC=C(C)C. The Balaban J connectivity index is 4.75. The maximum Gasteiger partial charge on any atom is 0.407 e. The lowest BCUT2D eigenvalue weighted by molar-refractivity contribution is -0.130. The summed E-state index contributed by atoms with van der Waals surface area (Å²) in [5.41, 5.74) is -1.23. The minimum absolute atomic E-state index is 0.464. The van der Waals surface area contributed by atoms with Crippen LogP contribution in [0.4, 0.5) is 8.78 Å².